The van der Waals surface area contributed by atoms with Crippen LogP contribution in [0.5, 0.6) is 0 Å². The van der Waals surface area contributed by atoms with Crippen LogP contribution in [0.25, 0.3) is 0 Å². The van der Waals surface area contributed by atoms with Crippen LogP contribution in [0, 0.1) is 5.92 Å². The highest BCUT2D eigenvalue weighted by molar-refractivity contribution is 7.99. The largest absolute Gasteiger partial charge is 0.380 e. The predicted octanol–water partition coefficient (Wildman–Crippen LogP) is 5.27. The van der Waals surface area contributed by atoms with Crippen molar-refractivity contribution >= 4 is 11.8 Å². The highest BCUT2D eigenvalue weighted by atomic mass is 32.2. The number of aliphatic hydroxyl groups is 1. The average molecular weight is 378 g/mol. The number of hydrogen-bond donors (Lipinski definition) is 1. The lowest BCUT2D eigenvalue weighted by Crippen LogP contribution is -2.40. The summed E-state index contributed by atoms with van der Waals surface area (Å²) >= 11 is 1.73. The van der Waals surface area contributed by atoms with Crippen LogP contribution in [0.3, 0.4) is 0 Å². The van der Waals surface area contributed by atoms with Crippen molar-refractivity contribution in [3.63, 3.8) is 0 Å². The molecule has 0 fully saturated rings. The van der Waals surface area contributed by atoms with E-state index in [1.807, 2.05) is 62.6 Å². The van der Waals surface area contributed by atoms with Gasteiger partial charge in [0.1, 0.15) is 5.60 Å². The normalized spacial score (nSPS) is 14.7. The van der Waals surface area contributed by atoms with Gasteiger partial charge in [0, 0.05) is 22.3 Å². The lowest BCUT2D eigenvalue weighted by molar-refractivity contribution is 0.0134. The Kier molecular flexibility index (Phi) is 6.38. The van der Waals surface area contributed by atoms with E-state index >= 15 is 0 Å². The van der Waals surface area contributed by atoms with Crippen molar-refractivity contribution in [3.05, 3.63) is 96.1 Å². The van der Waals surface area contributed by atoms with E-state index < -0.39 is 5.60 Å². The van der Waals surface area contributed by atoms with E-state index in [0.29, 0.717) is 0 Å². The highest BCUT2D eigenvalue weighted by Gasteiger charge is 2.37. The quantitative estimate of drug-likeness (QED) is 0.607. The topological polar surface area (TPSA) is 23.5 Å². The van der Waals surface area contributed by atoms with Crippen LogP contribution in [0.1, 0.15) is 18.1 Å². The Morgan fingerprint density at radius 3 is 1.81 bits per heavy atom. The first kappa shape index (κ1) is 19.7. The van der Waals surface area contributed by atoms with Gasteiger partial charge < -0.3 is 10.0 Å². The zero-order chi connectivity index (χ0) is 19.3. The summed E-state index contributed by atoms with van der Waals surface area (Å²) in [6, 6.07) is 28.7. The maximum absolute atomic E-state index is 11.8. The summed E-state index contributed by atoms with van der Waals surface area (Å²) in [4.78, 5) is 4.50. The molecule has 27 heavy (non-hydrogen) atoms. The zero-order valence-corrected chi connectivity index (χ0v) is 17.0. The van der Waals surface area contributed by atoms with E-state index in [0.717, 1.165) is 17.7 Å². The third-order valence-electron chi connectivity index (χ3n) is 4.84. The van der Waals surface area contributed by atoms with Gasteiger partial charge in [0.15, 0.2) is 0 Å². The monoisotopic (exact) mass is 377 g/mol. The maximum atomic E-state index is 11.8. The summed E-state index contributed by atoms with van der Waals surface area (Å²) in [7, 11) is 4.09. The summed E-state index contributed by atoms with van der Waals surface area (Å²) in [6.45, 7) is 2.91. The van der Waals surface area contributed by atoms with Gasteiger partial charge in [-0.2, -0.15) is 0 Å². The molecule has 2 nitrogen and oxygen atoms in total. The molecule has 0 radical (unpaired) electrons. The van der Waals surface area contributed by atoms with Gasteiger partial charge in [-0.05, 0) is 49.5 Å². The fourth-order valence-electron chi connectivity index (χ4n) is 3.51. The zero-order valence-electron chi connectivity index (χ0n) is 16.2. The molecular formula is C24H27NOS. The van der Waals surface area contributed by atoms with Gasteiger partial charge in [-0.1, -0.05) is 79.3 Å². The summed E-state index contributed by atoms with van der Waals surface area (Å²) in [5.41, 5.74) is 0.838. The van der Waals surface area contributed by atoms with Crippen molar-refractivity contribution in [3.8, 4) is 0 Å². The molecule has 3 heteroatoms. The first-order valence-electron chi connectivity index (χ1n) is 9.26. The van der Waals surface area contributed by atoms with Crippen LogP contribution in [0.2, 0.25) is 0 Å². The van der Waals surface area contributed by atoms with Crippen LogP contribution in [0.15, 0.2) is 94.7 Å². The van der Waals surface area contributed by atoms with Gasteiger partial charge in [0.25, 0.3) is 0 Å². The predicted molar refractivity (Wildman–Crippen MR) is 114 cm³/mol. The molecule has 0 spiro atoms. The summed E-state index contributed by atoms with van der Waals surface area (Å²) in [5.74, 6) is 0.0440. The number of rotatable bonds is 7. The molecule has 0 saturated heterocycles. The van der Waals surface area contributed by atoms with Crippen molar-refractivity contribution in [1.29, 1.82) is 0 Å². The van der Waals surface area contributed by atoms with Crippen LogP contribution < -0.4 is 0 Å². The number of nitrogens with zero attached hydrogens (tertiary/aromatic N) is 1. The van der Waals surface area contributed by atoms with Crippen LogP contribution >= 0.6 is 11.8 Å². The molecule has 0 aliphatic heterocycles. The fraction of sp³-hybridized carbons (Fsp3) is 0.250. The molecule has 0 saturated carbocycles. The lowest BCUT2D eigenvalue weighted by atomic mass is 9.76. The average Bonchev–Trinajstić information content (AvgIpc) is 2.69. The summed E-state index contributed by atoms with van der Waals surface area (Å²) < 4.78 is 0. The van der Waals surface area contributed by atoms with Gasteiger partial charge in [-0.25, -0.2) is 0 Å². The van der Waals surface area contributed by atoms with E-state index in [1.54, 1.807) is 11.8 Å². The minimum Gasteiger partial charge on any atom is -0.380 e. The lowest BCUT2D eigenvalue weighted by Gasteiger charge is -2.37. The Hall–Kier alpha value is -2.07. The molecule has 0 bridgehead atoms. The van der Waals surface area contributed by atoms with Crippen LogP contribution in [-0.4, -0.2) is 30.6 Å². The van der Waals surface area contributed by atoms with E-state index in [2.05, 4.69) is 48.2 Å². The van der Waals surface area contributed by atoms with Gasteiger partial charge >= 0.3 is 0 Å². The number of benzene rings is 3. The highest BCUT2D eigenvalue weighted by Crippen LogP contribution is 2.38. The van der Waals surface area contributed by atoms with E-state index in [4.69, 9.17) is 0 Å². The minimum atomic E-state index is -1.03. The van der Waals surface area contributed by atoms with Crippen molar-refractivity contribution in [1.82, 2.24) is 4.90 Å². The van der Waals surface area contributed by atoms with E-state index in [-0.39, 0.29) is 5.92 Å². The smallest absolute Gasteiger partial charge is 0.118 e. The molecule has 2 atom stereocenters. The molecule has 0 heterocycles. The number of hydrogen-bond acceptors (Lipinski definition) is 3. The summed E-state index contributed by atoms with van der Waals surface area (Å²) in [5, 5.41) is 11.8. The molecule has 0 amide bonds. The summed E-state index contributed by atoms with van der Waals surface area (Å²) in [6.07, 6.45) is 0. The van der Waals surface area contributed by atoms with E-state index in [9.17, 15) is 5.11 Å². The molecule has 140 valence electrons. The standard InChI is InChI=1S/C24H27NOS/c1-19(18-25(2)3)24(26,20-10-6-4-7-11-20)21-14-16-23(17-15-21)27-22-12-8-5-9-13-22/h4-17,19,26H,18H2,1-3H3. The van der Waals surface area contributed by atoms with E-state index in [1.165, 1.54) is 9.79 Å². The Bertz CT molecular complexity index is 833. The molecule has 0 aromatic heterocycles. The van der Waals surface area contributed by atoms with Crippen LogP contribution in [0.4, 0.5) is 0 Å². The third kappa shape index (κ3) is 4.62. The van der Waals surface area contributed by atoms with Gasteiger partial charge in [0.2, 0.25) is 0 Å². The van der Waals surface area contributed by atoms with Gasteiger partial charge in [-0.15, -0.1) is 0 Å². The van der Waals surface area contributed by atoms with Crippen molar-refractivity contribution in [2.24, 2.45) is 5.92 Å². The Morgan fingerprint density at radius 1 is 0.778 bits per heavy atom. The Balaban J connectivity index is 1.93. The minimum absolute atomic E-state index is 0.0440. The van der Waals surface area contributed by atoms with Crippen molar-refractivity contribution in [2.45, 2.75) is 22.3 Å². The molecular weight excluding hydrogens is 350 g/mol. The molecule has 3 rings (SSSR count). The SMILES string of the molecule is CC(CN(C)C)C(O)(c1ccccc1)c1ccc(Sc2ccccc2)cc1. The van der Waals surface area contributed by atoms with Crippen molar-refractivity contribution < 1.29 is 5.11 Å². The molecule has 0 aliphatic rings. The van der Waals surface area contributed by atoms with Crippen LogP contribution in [-0.2, 0) is 5.60 Å². The first-order valence-corrected chi connectivity index (χ1v) is 10.1. The first-order chi connectivity index (χ1) is 13.0. The van der Waals surface area contributed by atoms with Gasteiger partial charge in [0.05, 0.1) is 0 Å². The fourth-order valence-corrected chi connectivity index (χ4v) is 4.35. The molecule has 3 aromatic rings. The second-order valence-corrected chi connectivity index (χ2v) is 8.38. The maximum Gasteiger partial charge on any atom is 0.118 e. The second-order valence-electron chi connectivity index (χ2n) is 7.24. The van der Waals surface area contributed by atoms with Gasteiger partial charge in [-0.3, -0.25) is 0 Å². The second kappa shape index (κ2) is 8.75. The molecule has 0 aliphatic carbocycles. The molecule has 1 N–H and O–H groups in total. The van der Waals surface area contributed by atoms with Crippen molar-refractivity contribution in [2.75, 3.05) is 20.6 Å². The third-order valence-corrected chi connectivity index (χ3v) is 5.86. The Labute approximate surface area is 166 Å². The Morgan fingerprint density at radius 2 is 1.26 bits per heavy atom. The molecule has 3 aromatic carbocycles. The molecule has 2 unspecified atom stereocenters.